The third-order valence-corrected chi connectivity index (χ3v) is 3.85. The van der Waals surface area contributed by atoms with E-state index in [0.717, 1.165) is 17.2 Å². The molecule has 1 saturated heterocycles. The maximum absolute atomic E-state index is 12.1. The Balaban J connectivity index is 1.95. The van der Waals surface area contributed by atoms with Gasteiger partial charge in [-0.05, 0) is 37.6 Å². The molecule has 1 aromatic carbocycles. The second kappa shape index (κ2) is 7.26. The van der Waals surface area contributed by atoms with Crippen molar-refractivity contribution in [1.29, 1.82) is 0 Å². The van der Waals surface area contributed by atoms with Gasteiger partial charge in [-0.2, -0.15) is 0 Å². The maximum Gasteiger partial charge on any atom is 0.414 e. The fraction of sp³-hybridized carbons (Fsp3) is 0.294. The Morgan fingerprint density at radius 3 is 2.54 bits per heavy atom. The second-order valence-electron chi connectivity index (χ2n) is 5.53. The predicted molar refractivity (Wildman–Crippen MR) is 91.9 cm³/mol. The highest BCUT2D eigenvalue weighted by atomic mass is 16.6. The van der Waals surface area contributed by atoms with Gasteiger partial charge in [0, 0.05) is 18.4 Å². The molecule has 0 bridgehead atoms. The number of rotatable bonds is 4. The Labute approximate surface area is 147 Å². The zero-order chi connectivity index (χ0) is 18.7. The summed E-state index contributed by atoms with van der Waals surface area (Å²) in [5.41, 5.74) is -0.715. The molecule has 1 amide bonds. The molecule has 1 fully saturated rings. The Bertz CT molecular complexity index is 944. The Kier molecular flexibility index (Phi) is 4.87. The fourth-order valence-electron chi connectivity index (χ4n) is 2.60. The average Bonchev–Trinajstić information content (AvgIpc) is 2.63. The van der Waals surface area contributed by atoms with E-state index in [9.17, 15) is 19.2 Å². The summed E-state index contributed by atoms with van der Waals surface area (Å²) in [5, 5.41) is 0. The van der Waals surface area contributed by atoms with Crippen LogP contribution in [0, 0.1) is 0 Å². The molecular weight excluding hydrogens is 342 g/mol. The lowest BCUT2D eigenvalue weighted by molar-refractivity contribution is 0.0523. The van der Waals surface area contributed by atoms with Crippen molar-refractivity contribution in [3.05, 3.63) is 56.9 Å². The summed E-state index contributed by atoms with van der Waals surface area (Å²) in [4.78, 5) is 51.1. The van der Waals surface area contributed by atoms with Gasteiger partial charge in [-0.15, -0.1) is 0 Å². The molecule has 9 heteroatoms. The molecule has 1 N–H and O–H groups in total. The first-order chi connectivity index (χ1) is 12.5. The molecule has 2 heterocycles. The highest BCUT2D eigenvalue weighted by Crippen LogP contribution is 2.20. The number of H-pyrrole nitrogens is 1. The van der Waals surface area contributed by atoms with Crippen LogP contribution in [0.25, 0.3) is 5.69 Å². The smallest absolute Gasteiger partial charge is 0.414 e. The van der Waals surface area contributed by atoms with Crippen LogP contribution in [0.4, 0.5) is 10.5 Å². The number of nitrogens with zero attached hydrogens (tertiary/aromatic N) is 2. The first kappa shape index (κ1) is 17.5. The number of nitrogens with one attached hydrogen (secondary N) is 1. The van der Waals surface area contributed by atoms with Gasteiger partial charge in [-0.25, -0.2) is 14.4 Å². The normalized spacial score (nSPS) is 14.0. The van der Waals surface area contributed by atoms with E-state index < -0.39 is 23.3 Å². The van der Waals surface area contributed by atoms with Crippen LogP contribution in [-0.4, -0.2) is 41.4 Å². The SMILES string of the molecule is CCOC(=O)c1cn(-c2ccc(N3CCCOC3=O)cc2)c(=O)[nH]c1=O. The quantitative estimate of drug-likeness (QED) is 0.817. The summed E-state index contributed by atoms with van der Waals surface area (Å²) in [7, 11) is 0. The maximum atomic E-state index is 12.1. The third-order valence-electron chi connectivity index (χ3n) is 3.85. The molecule has 0 unspecified atom stereocenters. The number of benzene rings is 1. The summed E-state index contributed by atoms with van der Waals surface area (Å²) in [6.07, 6.45) is 1.45. The van der Waals surface area contributed by atoms with E-state index in [1.165, 1.54) is 4.90 Å². The average molecular weight is 359 g/mol. The van der Waals surface area contributed by atoms with Crippen molar-refractivity contribution >= 4 is 17.7 Å². The van der Waals surface area contributed by atoms with Crippen LogP contribution in [0.2, 0.25) is 0 Å². The van der Waals surface area contributed by atoms with Crippen LogP contribution < -0.4 is 16.1 Å². The number of hydrogen-bond acceptors (Lipinski definition) is 6. The molecule has 0 atom stereocenters. The largest absolute Gasteiger partial charge is 0.462 e. The van der Waals surface area contributed by atoms with Crippen molar-refractivity contribution in [2.24, 2.45) is 0 Å². The van der Waals surface area contributed by atoms with E-state index >= 15 is 0 Å². The van der Waals surface area contributed by atoms with Gasteiger partial charge in [0.25, 0.3) is 5.56 Å². The molecule has 1 aliphatic rings. The van der Waals surface area contributed by atoms with Crippen molar-refractivity contribution in [3.8, 4) is 5.69 Å². The molecule has 0 radical (unpaired) electrons. The first-order valence-electron chi connectivity index (χ1n) is 8.09. The summed E-state index contributed by atoms with van der Waals surface area (Å²) in [5.74, 6) is -0.810. The molecule has 0 saturated carbocycles. The van der Waals surface area contributed by atoms with Crippen LogP contribution in [0.5, 0.6) is 0 Å². The summed E-state index contributed by atoms with van der Waals surface area (Å²) in [6.45, 7) is 2.67. The lowest BCUT2D eigenvalue weighted by atomic mass is 10.2. The lowest BCUT2D eigenvalue weighted by Crippen LogP contribution is -2.37. The number of hydrogen-bond donors (Lipinski definition) is 1. The minimum Gasteiger partial charge on any atom is -0.462 e. The molecule has 0 aliphatic carbocycles. The molecule has 3 rings (SSSR count). The summed E-state index contributed by atoms with van der Waals surface area (Å²) < 4.78 is 10.9. The molecular formula is C17H17N3O6. The third kappa shape index (κ3) is 3.37. The minimum absolute atomic E-state index is 0.109. The topological polar surface area (TPSA) is 111 Å². The number of esters is 1. The Hall–Kier alpha value is -3.36. The van der Waals surface area contributed by atoms with Gasteiger partial charge < -0.3 is 9.47 Å². The monoisotopic (exact) mass is 359 g/mol. The van der Waals surface area contributed by atoms with E-state index in [2.05, 4.69) is 4.98 Å². The number of amides is 1. The zero-order valence-electron chi connectivity index (χ0n) is 14.1. The van der Waals surface area contributed by atoms with Gasteiger partial charge >= 0.3 is 17.8 Å². The zero-order valence-corrected chi connectivity index (χ0v) is 14.1. The van der Waals surface area contributed by atoms with E-state index in [-0.39, 0.29) is 12.2 Å². The van der Waals surface area contributed by atoms with Crippen LogP contribution >= 0.6 is 0 Å². The molecule has 26 heavy (non-hydrogen) atoms. The van der Waals surface area contributed by atoms with Gasteiger partial charge in [0.15, 0.2) is 0 Å². The van der Waals surface area contributed by atoms with E-state index in [4.69, 9.17) is 9.47 Å². The summed E-state index contributed by atoms with van der Waals surface area (Å²) >= 11 is 0. The van der Waals surface area contributed by atoms with Crippen LogP contribution in [0.1, 0.15) is 23.7 Å². The van der Waals surface area contributed by atoms with Gasteiger partial charge in [0.05, 0.1) is 18.9 Å². The second-order valence-corrected chi connectivity index (χ2v) is 5.53. The van der Waals surface area contributed by atoms with Crippen LogP contribution in [-0.2, 0) is 9.47 Å². The van der Waals surface area contributed by atoms with Crippen molar-refractivity contribution in [3.63, 3.8) is 0 Å². The Morgan fingerprint density at radius 1 is 1.19 bits per heavy atom. The molecule has 1 aliphatic heterocycles. The molecule has 2 aromatic rings. The van der Waals surface area contributed by atoms with E-state index in [1.807, 2.05) is 0 Å². The number of carbonyl (C=O) groups is 2. The lowest BCUT2D eigenvalue weighted by Gasteiger charge is -2.26. The number of anilines is 1. The van der Waals surface area contributed by atoms with Gasteiger partial charge in [-0.3, -0.25) is 19.2 Å². The van der Waals surface area contributed by atoms with Crippen molar-refractivity contribution < 1.29 is 19.1 Å². The van der Waals surface area contributed by atoms with Crippen molar-refractivity contribution in [2.75, 3.05) is 24.7 Å². The highest BCUT2D eigenvalue weighted by Gasteiger charge is 2.21. The first-order valence-corrected chi connectivity index (χ1v) is 8.09. The number of aromatic nitrogens is 2. The highest BCUT2D eigenvalue weighted by molar-refractivity contribution is 5.89. The molecule has 0 spiro atoms. The van der Waals surface area contributed by atoms with E-state index in [0.29, 0.717) is 24.5 Å². The molecule has 136 valence electrons. The van der Waals surface area contributed by atoms with Crippen molar-refractivity contribution in [1.82, 2.24) is 9.55 Å². The van der Waals surface area contributed by atoms with Gasteiger partial charge in [0.2, 0.25) is 0 Å². The Morgan fingerprint density at radius 2 is 1.88 bits per heavy atom. The number of cyclic esters (lactones) is 1. The van der Waals surface area contributed by atoms with Crippen LogP contribution in [0.3, 0.4) is 0 Å². The number of ether oxygens (including phenoxy) is 2. The standard InChI is InChI=1S/C17H17N3O6/c1-2-25-15(22)13-10-20(16(23)18-14(13)21)12-6-4-11(5-7-12)19-8-3-9-26-17(19)24/h4-7,10H,2-3,8-9H2,1H3,(H,18,21,23). The summed E-state index contributed by atoms with van der Waals surface area (Å²) in [6, 6.07) is 6.52. The van der Waals surface area contributed by atoms with E-state index in [1.54, 1.807) is 31.2 Å². The van der Waals surface area contributed by atoms with Crippen LogP contribution in [0.15, 0.2) is 40.1 Å². The van der Waals surface area contributed by atoms with Gasteiger partial charge in [0.1, 0.15) is 5.56 Å². The number of aromatic amines is 1. The number of carbonyl (C=O) groups excluding carboxylic acids is 2. The molecule has 9 nitrogen and oxygen atoms in total. The fourth-order valence-corrected chi connectivity index (χ4v) is 2.60. The minimum atomic E-state index is -0.810. The predicted octanol–water partition coefficient (Wildman–Crippen LogP) is 1.05. The van der Waals surface area contributed by atoms with Crippen molar-refractivity contribution in [2.45, 2.75) is 13.3 Å². The molecule has 1 aromatic heterocycles. The van der Waals surface area contributed by atoms with Gasteiger partial charge in [-0.1, -0.05) is 0 Å².